The molecular formula is C24H31N3O5S. The number of carbonyl (C=O) groups excluding carboxylic acids is 2. The van der Waals surface area contributed by atoms with E-state index < -0.39 is 21.7 Å². The monoisotopic (exact) mass is 473 g/mol. The van der Waals surface area contributed by atoms with Crippen molar-refractivity contribution >= 4 is 27.5 Å². The Kier molecular flexibility index (Phi) is 7.97. The highest BCUT2D eigenvalue weighted by molar-refractivity contribution is 7.93. The second-order valence-corrected chi connectivity index (χ2v) is 10.2. The molecule has 0 unspecified atom stereocenters. The van der Waals surface area contributed by atoms with Crippen LogP contribution in [0.1, 0.15) is 42.6 Å². The lowest BCUT2D eigenvalue weighted by molar-refractivity contribution is -0.129. The predicted molar refractivity (Wildman–Crippen MR) is 128 cm³/mol. The first-order chi connectivity index (χ1) is 15.6. The summed E-state index contributed by atoms with van der Waals surface area (Å²) in [6, 6.07) is 13.9. The van der Waals surface area contributed by atoms with Crippen molar-refractivity contribution in [2.45, 2.75) is 45.8 Å². The van der Waals surface area contributed by atoms with Gasteiger partial charge in [-0.1, -0.05) is 18.2 Å². The molecule has 0 aliphatic carbocycles. The van der Waals surface area contributed by atoms with Gasteiger partial charge in [0.2, 0.25) is 15.9 Å². The van der Waals surface area contributed by atoms with Gasteiger partial charge in [0.05, 0.1) is 6.10 Å². The maximum Gasteiger partial charge on any atom is 0.251 e. The average Bonchev–Trinajstić information content (AvgIpc) is 2.75. The van der Waals surface area contributed by atoms with E-state index in [1.54, 1.807) is 30.3 Å². The Morgan fingerprint density at radius 1 is 1.06 bits per heavy atom. The number of nitrogens with zero attached hydrogens (tertiary/aromatic N) is 1. The Balaban J connectivity index is 1.48. The second-order valence-electron chi connectivity index (χ2n) is 8.50. The van der Waals surface area contributed by atoms with Crippen LogP contribution in [0.15, 0.2) is 48.5 Å². The largest absolute Gasteiger partial charge is 0.491 e. The van der Waals surface area contributed by atoms with Crippen LogP contribution < -0.4 is 14.8 Å². The molecule has 178 valence electrons. The summed E-state index contributed by atoms with van der Waals surface area (Å²) in [5.74, 6) is -0.570. The number of nitrogens with one attached hydrogen (secondary N) is 2. The number of aryl methyl sites for hydroxylation is 1. The van der Waals surface area contributed by atoms with Crippen LogP contribution in [0.25, 0.3) is 0 Å². The fourth-order valence-corrected chi connectivity index (χ4v) is 4.78. The summed E-state index contributed by atoms with van der Waals surface area (Å²) in [6.45, 7) is 6.49. The molecule has 33 heavy (non-hydrogen) atoms. The highest BCUT2D eigenvalue weighted by Gasteiger charge is 2.27. The van der Waals surface area contributed by atoms with Crippen LogP contribution in [0.2, 0.25) is 0 Å². The fraction of sp³-hybridized carbons (Fsp3) is 0.417. The zero-order valence-electron chi connectivity index (χ0n) is 19.2. The van der Waals surface area contributed by atoms with E-state index in [4.69, 9.17) is 4.74 Å². The second kappa shape index (κ2) is 10.7. The number of amides is 2. The molecule has 1 aliphatic rings. The zero-order chi connectivity index (χ0) is 24.0. The van der Waals surface area contributed by atoms with Gasteiger partial charge in [-0.15, -0.1) is 0 Å². The van der Waals surface area contributed by atoms with Crippen molar-refractivity contribution in [2.75, 3.05) is 23.6 Å². The number of carbonyl (C=O) groups is 2. The lowest BCUT2D eigenvalue weighted by atomic mass is 10.0. The molecule has 9 heteroatoms. The molecule has 1 fully saturated rings. The van der Waals surface area contributed by atoms with Crippen LogP contribution >= 0.6 is 0 Å². The number of rotatable bonds is 8. The first-order valence-corrected chi connectivity index (χ1v) is 12.7. The molecule has 2 aromatic rings. The summed E-state index contributed by atoms with van der Waals surface area (Å²) < 4.78 is 32.9. The summed E-state index contributed by atoms with van der Waals surface area (Å²) in [7, 11) is -3.84. The number of benzene rings is 2. The molecule has 2 amide bonds. The Morgan fingerprint density at radius 2 is 1.70 bits per heavy atom. The van der Waals surface area contributed by atoms with Crippen LogP contribution in [-0.2, 0) is 14.8 Å². The van der Waals surface area contributed by atoms with Crippen LogP contribution in [0, 0.1) is 6.92 Å². The van der Waals surface area contributed by atoms with Gasteiger partial charge in [0, 0.05) is 30.4 Å². The van der Waals surface area contributed by atoms with Gasteiger partial charge in [-0.3, -0.25) is 14.3 Å². The topological polar surface area (TPSA) is 105 Å². The molecule has 2 aromatic carbocycles. The summed E-state index contributed by atoms with van der Waals surface area (Å²) >= 11 is 0. The molecular weight excluding hydrogens is 442 g/mol. The number of hydrogen-bond acceptors (Lipinski definition) is 5. The van der Waals surface area contributed by atoms with Gasteiger partial charge in [0.1, 0.15) is 11.5 Å². The van der Waals surface area contributed by atoms with Crippen molar-refractivity contribution in [1.82, 2.24) is 10.2 Å². The third kappa shape index (κ3) is 7.21. The average molecular weight is 474 g/mol. The van der Waals surface area contributed by atoms with Crippen molar-refractivity contribution in [3.63, 3.8) is 0 Å². The maximum atomic E-state index is 12.6. The molecule has 2 N–H and O–H groups in total. The van der Waals surface area contributed by atoms with Crippen molar-refractivity contribution in [2.24, 2.45) is 0 Å². The molecule has 0 bridgehead atoms. The van der Waals surface area contributed by atoms with E-state index in [-0.39, 0.29) is 18.1 Å². The van der Waals surface area contributed by atoms with Gasteiger partial charge >= 0.3 is 0 Å². The third-order valence-corrected chi connectivity index (χ3v) is 6.56. The molecule has 1 aliphatic heterocycles. The number of piperidine rings is 1. The van der Waals surface area contributed by atoms with E-state index in [0.29, 0.717) is 42.9 Å². The smallest absolute Gasteiger partial charge is 0.251 e. The van der Waals surface area contributed by atoms with Gasteiger partial charge in [0.25, 0.3) is 5.91 Å². The van der Waals surface area contributed by atoms with Crippen LogP contribution in [0.5, 0.6) is 5.75 Å². The van der Waals surface area contributed by atoms with Crippen LogP contribution in [-0.4, -0.2) is 56.1 Å². The van der Waals surface area contributed by atoms with Crippen molar-refractivity contribution in [3.8, 4) is 5.75 Å². The van der Waals surface area contributed by atoms with E-state index in [0.717, 1.165) is 5.56 Å². The molecule has 0 aromatic heterocycles. The van der Waals surface area contributed by atoms with Gasteiger partial charge in [-0.05, 0) is 69.5 Å². The molecule has 0 saturated carbocycles. The zero-order valence-corrected chi connectivity index (χ0v) is 20.0. The van der Waals surface area contributed by atoms with Crippen molar-refractivity contribution in [1.29, 1.82) is 0 Å². The molecule has 0 radical (unpaired) electrons. The molecule has 0 spiro atoms. The summed E-state index contributed by atoms with van der Waals surface area (Å²) in [5, 5.41) is 3.01. The third-order valence-electron chi connectivity index (χ3n) is 5.39. The standard InChI is InChI=1S/C24H31N3O5S/c1-17(2)32-21-10-8-20(9-11-21)26-33(30,31)16-23(28)27-14-12-19(13-15-27)25-24(29)22-7-5-4-6-18(22)3/h4-11,17,19,26H,12-16H2,1-3H3,(H,25,29). The van der Waals surface area contributed by atoms with E-state index in [2.05, 4.69) is 10.0 Å². The fourth-order valence-electron chi connectivity index (χ4n) is 3.71. The normalized spacial score (nSPS) is 14.7. The van der Waals surface area contributed by atoms with Gasteiger partial charge < -0.3 is 15.0 Å². The summed E-state index contributed by atoms with van der Waals surface area (Å²) in [4.78, 5) is 26.6. The van der Waals surface area contributed by atoms with E-state index in [1.165, 1.54) is 4.90 Å². The van der Waals surface area contributed by atoms with E-state index in [1.807, 2.05) is 39.0 Å². The van der Waals surface area contributed by atoms with Gasteiger partial charge in [-0.25, -0.2) is 8.42 Å². The van der Waals surface area contributed by atoms with Crippen molar-refractivity contribution < 1.29 is 22.7 Å². The quantitative estimate of drug-likeness (QED) is 0.613. The Morgan fingerprint density at radius 3 is 2.30 bits per heavy atom. The summed E-state index contributed by atoms with van der Waals surface area (Å²) in [6.07, 6.45) is 1.17. The van der Waals surface area contributed by atoms with Gasteiger partial charge in [-0.2, -0.15) is 0 Å². The van der Waals surface area contributed by atoms with Crippen LogP contribution in [0.3, 0.4) is 0 Å². The summed E-state index contributed by atoms with van der Waals surface area (Å²) in [5.41, 5.74) is 1.91. The first-order valence-electron chi connectivity index (χ1n) is 11.0. The maximum absolute atomic E-state index is 12.6. The Hall–Kier alpha value is -3.07. The Labute approximate surface area is 195 Å². The molecule has 0 atom stereocenters. The molecule has 8 nitrogen and oxygen atoms in total. The number of ether oxygens (including phenoxy) is 1. The number of likely N-dealkylation sites (tertiary alicyclic amines) is 1. The van der Waals surface area contributed by atoms with Crippen molar-refractivity contribution in [3.05, 3.63) is 59.7 Å². The highest BCUT2D eigenvalue weighted by Crippen LogP contribution is 2.19. The van der Waals surface area contributed by atoms with Gasteiger partial charge in [0.15, 0.2) is 0 Å². The SMILES string of the molecule is Cc1ccccc1C(=O)NC1CCN(C(=O)CS(=O)(=O)Nc2ccc(OC(C)C)cc2)CC1. The highest BCUT2D eigenvalue weighted by atomic mass is 32.2. The van der Waals surface area contributed by atoms with E-state index in [9.17, 15) is 18.0 Å². The molecule has 1 saturated heterocycles. The molecule has 1 heterocycles. The van der Waals surface area contributed by atoms with E-state index >= 15 is 0 Å². The minimum absolute atomic E-state index is 0.0186. The number of hydrogen-bond donors (Lipinski definition) is 2. The molecule has 3 rings (SSSR count). The first kappa shape index (κ1) is 24.6. The number of anilines is 1. The minimum Gasteiger partial charge on any atom is -0.491 e. The van der Waals surface area contributed by atoms with Crippen LogP contribution in [0.4, 0.5) is 5.69 Å². The predicted octanol–water partition coefficient (Wildman–Crippen LogP) is 2.94. The lowest BCUT2D eigenvalue weighted by Gasteiger charge is -2.32. The minimum atomic E-state index is -3.84. The number of sulfonamides is 1. The Bertz CT molecular complexity index is 1080. The lowest BCUT2D eigenvalue weighted by Crippen LogP contribution is -2.48.